The molecule has 2 rings (SSSR count). The average Bonchev–Trinajstić information content (AvgIpc) is 2.19. The van der Waals surface area contributed by atoms with Crippen molar-refractivity contribution in [1.29, 1.82) is 0 Å². The highest BCUT2D eigenvalue weighted by molar-refractivity contribution is 6.34. The molecule has 1 aromatic heterocycles. The molecule has 0 radical (unpaired) electrons. The minimum atomic E-state index is 0.352. The lowest BCUT2D eigenvalue weighted by atomic mass is 9.94. The van der Waals surface area contributed by atoms with E-state index in [0.717, 1.165) is 31.5 Å². The minimum Gasteiger partial charge on any atom is -0.316 e. The van der Waals surface area contributed by atoms with Gasteiger partial charge in [-0.05, 0) is 19.4 Å². The van der Waals surface area contributed by atoms with E-state index in [4.69, 9.17) is 23.2 Å². The van der Waals surface area contributed by atoms with Crippen molar-refractivity contribution in [2.24, 2.45) is 0 Å². The summed E-state index contributed by atoms with van der Waals surface area (Å²) in [6.45, 7) is 1.98. The van der Waals surface area contributed by atoms with Gasteiger partial charge in [0.15, 0.2) is 0 Å². The number of rotatable bonds is 1. The van der Waals surface area contributed by atoms with Gasteiger partial charge in [0, 0.05) is 18.0 Å². The van der Waals surface area contributed by atoms with E-state index in [-0.39, 0.29) is 0 Å². The Kier molecular flexibility index (Phi) is 3.21. The number of nitrogens with zero attached hydrogens (tertiary/aromatic N) is 2. The van der Waals surface area contributed by atoms with E-state index in [9.17, 15) is 0 Å². The van der Waals surface area contributed by atoms with Crippen LogP contribution in [0.25, 0.3) is 0 Å². The van der Waals surface area contributed by atoms with Crippen LogP contribution in [-0.4, -0.2) is 23.1 Å². The van der Waals surface area contributed by atoms with Gasteiger partial charge in [0.25, 0.3) is 0 Å². The topological polar surface area (TPSA) is 37.8 Å². The zero-order valence-corrected chi connectivity index (χ0v) is 9.15. The smallest absolute Gasteiger partial charge is 0.137 e. The van der Waals surface area contributed by atoms with Crippen molar-refractivity contribution in [3.63, 3.8) is 0 Å². The number of hydrogen-bond acceptors (Lipinski definition) is 3. The molecule has 1 aliphatic heterocycles. The normalized spacial score (nSPS) is 22.3. The van der Waals surface area contributed by atoms with E-state index >= 15 is 0 Å². The van der Waals surface area contributed by atoms with Gasteiger partial charge >= 0.3 is 0 Å². The quantitative estimate of drug-likeness (QED) is 0.754. The van der Waals surface area contributed by atoms with Crippen molar-refractivity contribution in [3.8, 4) is 0 Å². The van der Waals surface area contributed by atoms with Crippen molar-refractivity contribution in [1.82, 2.24) is 15.3 Å². The fraction of sp³-hybridized carbons (Fsp3) is 0.556. The molecular weight excluding hydrogens is 221 g/mol. The molecule has 0 saturated carbocycles. The summed E-state index contributed by atoms with van der Waals surface area (Å²) in [6, 6.07) is 0. The molecule has 5 heteroatoms. The molecule has 0 bridgehead atoms. The molecule has 1 saturated heterocycles. The molecular formula is C9H11Cl2N3. The summed E-state index contributed by atoms with van der Waals surface area (Å²) >= 11 is 12.0. The Morgan fingerprint density at radius 3 is 2.57 bits per heavy atom. The molecule has 76 valence electrons. The van der Waals surface area contributed by atoms with Gasteiger partial charge in [-0.1, -0.05) is 23.2 Å². The van der Waals surface area contributed by atoms with Crippen LogP contribution in [0.15, 0.2) is 6.33 Å². The van der Waals surface area contributed by atoms with Gasteiger partial charge in [0.2, 0.25) is 0 Å². The summed E-state index contributed by atoms with van der Waals surface area (Å²) in [5.41, 5.74) is 0.892. The van der Waals surface area contributed by atoms with E-state index in [1.807, 2.05) is 0 Å². The van der Waals surface area contributed by atoms with Gasteiger partial charge in [-0.3, -0.25) is 0 Å². The Bertz CT molecular complexity index is 304. The molecule has 3 nitrogen and oxygen atoms in total. The van der Waals surface area contributed by atoms with Crippen LogP contribution in [0.1, 0.15) is 24.3 Å². The zero-order chi connectivity index (χ0) is 9.97. The van der Waals surface area contributed by atoms with Crippen molar-refractivity contribution in [3.05, 3.63) is 22.2 Å². The highest BCUT2D eigenvalue weighted by Gasteiger charge is 2.21. The van der Waals surface area contributed by atoms with Crippen LogP contribution in [-0.2, 0) is 0 Å². The Morgan fingerprint density at radius 1 is 1.29 bits per heavy atom. The maximum atomic E-state index is 6.00. The highest BCUT2D eigenvalue weighted by atomic mass is 35.5. The lowest BCUT2D eigenvalue weighted by Gasteiger charge is -2.23. The van der Waals surface area contributed by atoms with E-state index < -0.39 is 0 Å². The van der Waals surface area contributed by atoms with Crippen molar-refractivity contribution < 1.29 is 0 Å². The second-order valence-corrected chi connectivity index (χ2v) is 4.13. The van der Waals surface area contributed by atoms with Gasteiger partial charge in [-0.15, -0.1) is 0 Å². The predicted octanol–water partition coefficient (Wildman–Crippen LogP) is 2.25. The molecule has 0 spiro atoms. The molecule has 1 fully saturated rings. The van der Waals surface area contributed by atoms with E-state index in [0.29, 0.717) is 16.2 Å². The molecule has 1 aliphatic rings. The second-order valence-electron chi connectivity index (χ2n) is 3.41. The third-order valence-electron chi connectivity index (χ3n) is 2.49. The maximum Gasteiger partial charge on any atom is 0.137 e. The summed E-state index contributed by atoms with van der Waals surface area (Å²) in [6.07, 6.45) is 3.64. The third kappa shape index (κ3) is 2.00. The molecule has 1 N–H and O–H groups in total. The first-order valence-electron chi connectivity index (χ1n) is 4.65. The minimum absolute atomic E-state index is 0.352. The number of halogens is 2. The van der Waals surface area contributed by atoms with Gasteiger partial charge in [-0.2, -0.15) is 0 Å². The molecule has 2 heterocycles. The number of nitrogens with one attached hydrogen (secondary N) is 1. The first-order chi connectivity index (χ1) is 6.79. The van der Waals surface area contributed by atoms with Crippen molar-refractivity contribution >= 4 is 23.2 Å². The van der Waals surface area contributed by atoms with Crippen molar-refractivity contribution in [2.75, 3.05) is 13.1 Å². The molecule has 0 aromatic carbocycles. The molecule has 1 unspecified atom stereocenters. The summed E-state index contributed by atoms with van der Waals surface area (Å²) in [5, 5.41) is 4.28. The SMILES string of the molecule is Clc1ncnc(Cl)c1C1CCCNC1. The maximum absolute atomic E-state index is 6.00. The van der Waals surface area contributed by atoms with Crippen molar-refractivity contribution in [2.45, 2.75) is 18.8 Å². The second kappa shape index (κ2) is 4.43. The largest absolute Gasteiger partial charge is 0.316 e. The van der Waals surface area contributed by atoms with Crippen LogP contribution in [0.2, 0.25) is 10.3 Å². The molecule has 0 aliphatic carbocycles. The first-order valence-corrected chi connectivity index (χ1v) is 5.41. The fourth-order valence-corrected chi connectivity index (χ4v) is 2.41. The lowest BCUT2D eigenvalue weighted by Crippen LogP contribution is -2.28. The average molecular weight is 232 g/mol. The third-order valence-corrected chi connectivity index (χ3v) is 3.09. The standard InChI is InChI=1S/C9H11Cl2N3/c10-8-7(9(11)14-5-13-8)6-2-1-3-12-4-6/h5-6,12H,1-4H2. The summed E-state index contributed by atoms with van der Waals surface area (Å²) < 4.78 is 0. The van der Waals surface area contributed by atoms with Crippen LogP contribution in [0, 0.1) is 0 Å². The van der Waals surface area contributed by atoms with Crippen LogP contribution in [0.3, 0.4) is 0 Å². The summed E-state index contributed by atoms with van der Waals surface area (Å²) in [7, 11) is 0. The monoisotopic (exact) mass is 231 g/mol. The zero-order valence-electron chi connectivity index (χ0n) is 7.63. The Hall–Kier alpha value is -0.380. The molecule has 1 atom stereocenters. The molecule has 1 aromatic rings. The first kappa shape index (κ1) is 10.1. The Labute approximate surface area is 92.8 Å². The number of piperidine rings is 1. The van der Waals surface area contributed by atoms with E-state index in [1.165, 1.54) is 6.33 Å². The van der Waals surface area contributed by atoms with Gasteiger partial charge in [-0.25, -0.2) is 9.97 Å². The predicted molar refractivity (Wildman–Crippen MR) is 56.9 cm³/mol. The highest BCUT2D eigenvalue weighted by Crippen LogP contribution is 2.32. The lowest BCUT2D eigenvalue weighted by molar-refractivity contribution is 0.460. The van der Waals surface area contributed by atoms with Crippen LogP contribution in [0.4, 0.5) is 0 Å². The molecule has 14 heavy (non-hydrogen) atoms. The number of aromatic nitrogens is 2. The van der Waals surface area contributed by atoms with E-state index in [2.05, 4.69) is 15.3 Å². The number of hydrogen-bond donors (Lipinski definition) is 1. The fourth-order valence-electron chi connectivity index (χ4n) is 1.79. The van der Waals surface area contributed by atoms with Gasteiger partial charge in [0.05, 0.1) is 0 Å². The van der Waals surface area contributed by atoms with Gasteiger partial charge in [0.1, 0.15) is 16.6 Å². The van der Waals surface area contributed by atoms with Crippen LogP contribution < -0.4 is 5.32 Å². The summed E-state index contributed by atoms with van der Waals surface area (Å²) in [4.78, 5) is 7.91. The van der Waals surface area contributed by atoms with Gasteiger partial charge < -0.3 is 5.32 Å². The molecule has 0 amide bonds. The Morgan fingerprint density at radius 2 is 2.00 bits per heavy atom. The summed E-state index contributed by atoms with van der Waals surface area (Å²) in [5.74, 6) is 0.352. The van der Waals surface area contributed by atoms with E-state index in [1.54, 1.807) is 0 Å². The Balaban J connectivity index is 2.29. The van der Waals surface area contributed by atoms with Crippen LogP contribution in [0.5, 0.6) is 0 Å². The van der Waals surface area contributed by atoms with Crippen LogP contribution >= 0.6 is 23.2 Å².